The third kappa shape index (κ3) is 7.75. The van der Waals surface area contributed by atoms with E-state index in [0.717, 1.165) is 13.0 Å². The molecule has 0 aliphatic rings. The smallest absolute Gasteiger partial charge is 0.0540 e. The van der Waals surface area contributed by atoms with Gasteiger partial charge in [-0.3, -0.25) is 4.90 Å². The molecule has 0 aromatic rings. The van der Waals surface area contributed by atoms with Crippen molar-refractivity contribution in [3.05, 3.63) is 24.8 Å². The summed E-state index contributed by atoms with van der Waals surface area (Å²) < 4.78 is 0. The van der Waals surface area contributed by atoms with Gasteiger partial charge in [-0.15, -0.1) is 0 Å². The first-order chi connectivity index (χ1) is 6.18. The second-order valence-electron chi connectivity index (χ2n) is 3.38. The summed E-state index contributed by atoms with van der Waals surface area (Å²) >= 11 is 0. The summed E-state index contributed by atoms with van der Waals surface area (Å²) in [6, 6.07) is 0. The summed E-state index contributed by atoms with van der Waals surface area (Å²) in [5, 5.41) is 0. The number of nitrogens with two attached hydrogens (primary N) is 1. The van der Waals surface area contributed by atoms with Gasteiger partial charge in [0.1, 0.15) is 0 Å². The SMILES string of the molecule is C=CC=CCCCCN(C)C(C)N. The van der Waals surface area contributed by atoms with Crippen molar-refractivity contribution in [1.82, 2.24) is 4.90 Å². The van der Waals surface area contributed by atoms with Crippen LogP contribution in [0.15, 0.2) is 24.8 Å². The second-order valence-corrected chi connectivity index (χ2v) is 3.38. The van der Waals surface area contributed by atoms with Crippen LogP contribution in [0, 0.1) is 0 Å². The summed E-state index contributed by atoms with van der Waals surface area (Å²) in [6.45, 7) is 6.71. The van der Waals surface area contributed by atoms with Crippen molar-refractivity contribution in [2.75, 3.05) is 13.6 Å². The molecule has 0 amide bonds. The number of nitrogens with zero attached hydrogens (tertiary/aromatic N) is 1. The van der Waals surface area contributed by atoms with Crippen molar-refractivity contribution >= 4 is 0 Å². The van der Waals surface area contributed by atoms with Crippen LogP contribution in [0.5, 0.6) is 0 Å². The van der Waals surface area contributed by atoms with E-state index in [0.29, 0.717) is 0 Å². The standard InChI is InChI=1S/C11H22N2/c1-4-5-6-7-8-9-10-13(3)11(2)12/h4-6,11H,1,7-10,12H2,2-3H3. The molecule has 0 heterocycles. The fourth-order valence-electron chi connectivity index (χ4n) is 1.02. The van der Waals surface area contributed by atoms with Crippen molar-refractivity contribution in [2.45, 2.75) is 32.4 Å². The Balaban J connectivity index is 3.25. The van der Waals surface area contributed by atoms with E-state index in [-0.39, 0.29) is 6.17 Å². The molecule has 0 bridgehead atoms. The van der Waals surface area contributed by atoms with Crippen molar-refractivity contribution in [3.63, 3.8) is 0 Å². The van der Waals surface area contributed by atoms with Gasteiger partial charge in [-0.25, -0.2) is 0 Å². The zero-order chi connectivity index (χ0) is 10.1. The van der Waals surface area contributed by atoms with Crippen molar-refractivity contribution < 1.29 is 0 Å². The highest BCUT2D eigenvalue weighted by atomic mass is 15.2. The lowest BCUT2D eigenvalue weighted by molar-refractivity contribution is 0.258. The quantitative estimate of drug-likeness (QED) is 0.371. The van der Waals surface area contributed by atoms with E-state index in [9.17, 15) is 0 Å². The van der Waals surface area contributed by atoms with Gasteiger partial charge in [-0.1, -0.05) is 24.8 Å². The maximum Gasteiger partial charge on any atom is 0.0540 e. The summed E-state index contributed by atoms with van der Waals surface area (Å²) in [7, 11) is 2.06. The second kappa shape index (κ2) is 8.02. The summed E-state index contributed by atoms with van der Waals surface area (Å²) in [4.78, 5) is 2.16. The predicted octanol–water partition coefficient (Wildman–Crippen LogP) is 2.14. The predicted molar refractivity (Wildman–Crippen MR) is 59.5 cm³/mol. The molecule has 0 fully saturated rings. The molecular formula is C11H22N2. The van der Waals surface area contributed by atoms with Crippen LogP contribution in [-0.4, -0.2) is 24.7 Å². The summed E-state index contributed by atoms with van der Waals surface area (Å²) in [5.41, 5.74) is 5.70. The highest BCUT2D eigenvalue weighted by molar-refractivity contribution is 4.96. The van der Waals surface area contributed by atoms with Crippen LogP contribution >= 0.6 is 0 Å². The molecule has 0 rings (SSSR count). The van der Waals surface area contributed by atoms with Crippen LogP contribution in [0.2, 0.25) is 0 Å². The molecule has 2 heteroatoms. The largest absolute Gasteiger partial charge is 0.316 e. The Morgan fingerprint density at radius 2 is 2.15 bits per heavy atom. The third-order valence-corrected chi connectivity index (χ3v) is 2.10. The van der Waals surface area contributed by atoms with E-state index in [1.54, 1.807) is 0 Å². The highest BCUT2D eigenvalue weighted by Gasteiger charge is 2.00. The molecule has 0 aliphatic carbocycles. The molecule has 1 unspecified atom stereocenters. The Kier molecular flexibility index (Phi) is 7.65. The van der Waals surface area contributed by atoms with Gasteiger partial charge in [0.05, 0.1) is 6.17 Å². The van der Waals surface area contributed by atoms with Gasteiger partial charge < -0.3 is 5.73 Å². The molecule has 2 nitrogen and oxygen atoms in total. The molecular weight excluding hydrogens is 160 g/mol. The average molecular weight is 182 g/mol. The van der Waals surface area contributed by atoms with Gasteiger partial charge >= 0.3 is 0 Å². The first-order valence-electron chi connectivity index (χ1n) is 4.92. The van der Waals surface area contributed by atoms with Crippen molar-refractivity contribution in [2.24, 2.45) is 5.73 Å². The van der Waals surface area contributed by atoms with Crippen LogP contribution in [0.4, 0.5) is 0 Å². The molecule has 0 aromatic carbocycles. The average Bonchev–Trinajstić information content (AvgIpc) is 2.10. The first-order valence-corrected chi connectivity index (χ1v) is 4.92. The maximum atomic E-state index is 5.70. The molecule has 0 aromatic heterocycles. The van der Waals surface area contributed by atoms with Crippen LogP contribution in [0.25, 0.3) is 0 Å². The zero-order valence-corrected chi connectivity index (χ0v) is 8.87. The molecule has 76 valence electrons. The molecule has 13 heavy (non-hydrogen) atoms. The van der Waals surface area contributed by atoms with Gasteiger partial charge in [-0.2, -0.15) is 0 Å². The van der Waals surface area contributed by atoms with Gasteiger partial charge in [0.15, 0.2) is 0 Å². The fraction of sp³-hybridized carbons (Fsp3) is 0.636. The zero-order valence-electron chi connectivity index (χ0n) is 8.87. The minimum Gasteiger partial charge on any atom is -0.316 e. The van der Waals surface area contributed by atoms with Crippen LogP contribution in [0.1, 0.15) is 26.2 Å². The minimum atomic E-state index is 0.170. The van der Waals surface area contributed by atoms with Gasteiger partial charge in [0, 0.05) is 0 Å². The van der Waals surface area contributed by atoms with E-state index in [2.05, 4.69) is 24.6 Å². The molecule has 0 saturated heterocycles. The van der Waals surface area contributed by atoms with Gasteiger partial charge in [0.25, 0.3) is 0 Å². The molecule has 1 atom stereocenters. The Morgan fingerprint density at radius 3 is 2.69 bits per heavy atom. The van der Waals surface area contributed by atoms with E-state index in [4.69, 9.17) is 5.73 Å². The lowest BCUT2D eigenvalue weighted by Crippen LogP contribution is -2.36. The monoisotopic (exact) mass is 182 g/mol. The molecule has 0 spiro atoms. The minimum absolute atomic E-state index is 0.170. The van der Waals surface area contributed by atoms with E-state index in [1.807, 2.05) is 19.1 Å². The Hall–Kier alpha value is -0.600. The molecule has 2 N–H and O–H groups in total. The van der Waals surface area contributed by atoms with E-state index >= 15 is 0 Å². The third-order valence-electron chi connectivity index (χ3n) is 2.10. The van der Waals surface area contributed by atoms with Crippen LogP contribution < -0.4 is 5.73 Å². The van der Waals surface area contributed by atoms with E-state index in [1.165, 1.54) is 12.8 Å². The normalized spacial score (nSPS) is 13.8. The number of hydrogen-bond donors (Lipinski definition) is 1. The van der Waals surface area contributed by atoms with Crippen LogP contribution in [0.3, 0.4) is 0 Å². The van der Waals surface area contributed by atoms with Gasteiger partial charge in [-0.05, 0) is 39.8 Å². The topological polar surface area (TPSA) is 29.3 Å². The molecule has 0 aliphatic heterocycles. The summed E-state index contributed by atoms with van der Waals surface area (Å²) in [6.07, 6.45) is 9.70. The maximum absolute atomic E-state index is 5.70. The van der Waals surface area contributed by atoms with Gasteiger partial charge in [0.2, 0.25) is 0 Å². The fourth-order valence-corrected chi connectivity index (χ4v) is 1.02. The Bertz CT molecular complexity index is 150. The van der Waals surface area contributed by atoms with Crippen LogP contribution in [-0.2, 0) is 0 Å². The lowest BCUT2D eigenvalue weighted by Gasteiger charge is -2.20. The molecule has 0 radical (unpaired) electrons. The molecule has 0 saturated carbocycles. The first kappa shape index (κ1) is 12.4. The number of allylic oxidation sites excluding steroid dienone is 3. The lowest BCUT2D eigenvalue weighted by atomic mass is 10.2. The number of hydrogen-bond acceptors (Lipinski definition) is 2. The van der Waals surface area contributed by atoms with Crippen molar-refractivity contribution in [1.29, 1.82) is 0 Å². The Labute approximate surface area is 82.1 Å². The highest BCUT2D eigenvalue weighted by Crippen LogP contribution is 1.99. The number of unbranched alkanes of at least 4 members (excludes halogenated alkanes) is 2. The van der Waals surface area contributed by atoms with Crippen molar-refractivity contribution in [3.8, 4) is 0 Å². The Morgan fingerprint density at radius 1 is 1.46 bits per heavy atom. The number of rotatable bonds is 7. The summed E-state index contributed by atoms with van der Waals surface area (Å²) in [5.74, 6) is 0. The van der Waals surface area contributed by atoms with E-state index < -0.39 is 0 Å².